The zero-order valence-corrected chi connectivity index (χ0v) is 15.4. The fraction of sp³-hybridized carbons (Fsp3) is 0.278. The number of hydrogen-bond acceptors (Lipinski definition) is 5. The number of benzene rings is 1. The summed E-state index contributed by atoms with van der Waals surface area (Å²) in [4.78, 5) is 25.5. The molecule has 3 rings (SSSR count). The summed E-state index contributed by atoms with van der Waals surface area (Å²) in [5, 5.41) is 3.36. The molecule has 0 radical (unpaired) electrons. The molecule has 0 aliphatic rings. The van der Waals surface area contributed by atoms with Crippen LogP contribution in [0.3, 0.4) is 0 Å². The lowest BCUT2D eigenvalue weighted by Crippen LogP contribution is -2.34. The molecule has 0 fully saturated rings. The minimum Gasteiger partial charge on any atom is -0.484 e. The minimum atomic E-state index is -0.142. The van der Waals surface area contributed by atoms with Crippen LogP contribution in [0.2, 0.25) is 5.02 Å². The normalized spacial score (nSPS) is 11.1. The molecule has 2 heterocycles. The summed E-state index contributed by atoms with van der Waals surface area (Å²) in [5.74, 6) is 1.17. The Morgan fingerprint density at radius 2 is 2.08 bits per heavy atom. The zero-order valence-electron chi connectivity index (χ0n) is 14.6. The van der Waals surface area contributed by atoms with E-state index in [2.05, 4.69) is 20.3 Å². The second-order valence-corrected chi connectivity index (χ2v) is 6.51. The van der Waals surface area contributed by atoms with E-state index in [-0.39, 0.29) is 12.5 Å². The predicted octanol–water partition coefficient (Wildman–Crippen LogP) is 2.33. The molecule has 8 heteroatoms. The molecule has 2 N–H and O–H groups in total. The zero-order chi connectivity index (χ0) is 18.5. The quantitative estimate of drug-likeness (QED) is 0.664. The Hall–Kier alpha value is -2.64. The number of amides is 1. The van der Waals surface area contributed by atoms with Crippen molar-refractivity contribution in [2.45, 2.75) is 0 Å². The maximum Gasteiger partial charge on any atom is 0.257 e. The van der Waals surface area contributed by atoms with Gasteiger partial charge >= 0.3 is 0 Å². The van der Waals surface area contributed by atoms with Crippen LogP contribution in [-0.4, -0.2) is 59.6 Å². The molecule has 7 nitrogen and oxygen atoms in total. The number of rotatable bonds is 7. The number of nitrogens with one attached hydrogen (secondary N) is 2. The summed E-state index contributed by atoms with van der Waals surface area (Å²) in [6.07, 6.45) is 1.56. The molecule has 0 unspecified atom stereocenters. The van der Waals surface area contributed by atoms with E-state index in [1.165, 1.54) is 0 Å². The van der Waals surface area contributed by atoms with Crippen molar-refractivity contribution >= 4 is 28.7 Å². The Kier molecular flexibility index (Phi) is 5.70. The van der Waals surface area contributed by atoms with Crippen LogP contribution >= 0.6 is 11.6 Å². The van der Waals surface area contributed by atoms with Crippen LogP contribution in [0.25, 0.3) is 22.6 Å². The molecule has 0 saturated heterocycles. The summed E-state index contributed by atoms with van der Waals surface area (Å²) in [6.45, 7) is 1.37. The summed E-state index contributed by atoms with van der Waals surface area (Å²) in [5.41, 5.74) is 2.28. The Morgan fingerprint density at radius 3 is 2.81 bits per heavy atom. The molecule has 0 aliphatic heterocycles. The van der Waals surface area contributed by atoms with E-state index in [9.17, 15) is 4.79 Å². The monoisotopic (exact) mass is 373 g/mol. The topological polar surface area (TPSA) is 83.1 Å². The highest BCUT2D eigenvalue weighted by Crippen LogP contribution is 2.23. The van der Waals surface area contributed by atoms with E-state index in [1.54, 1.807) is 24.4 Å². The Labute approximate surface area is 156 Å². The highest BCUT2D eigenvalue weighted by molar-refractivity contribution is 6.31. The third kappa shape index (κ3) is 4.71. The molecule has 0 atom stereocenters. The molecule has 136 valence electrons. The van der Waals surface area contributed by atoms with Gasteiger partial charge in [0.2, 0.25) is 0 Å². The molecular weight excluding hydrogens is 354 g/mol. The van der Waals surface area contributed by atoms with E-state index < -0.39 is 0 Å². The average molecular weight is 374 g/mol. The van der Waals surface area contributed by atoms with Gasteiger partial charge in [-0.2, -0.15) is 0 Å². The highest BCUT2D eigenvalue weighted by Gasteiger charge is 2.08. The van der Waals surface area contributed by atoms with Gasteiger partial charge in [-0.3, -0.25) is 4.79 Å². The Bertz CT molecular complexity index is 892. The van der Waals surface area contributed by atoms with Gasteiger partial charge in [-0.05, 0) is 44.4 Å². The van der Waals surface area contributed by atoms with Crippen molar-refractivity contribution in [2.24, 2.45) is 0 Å². The van der Waals surface area contributed by atoms with Crippen molar-refractivity contribution in [1.82, 2.24) is 25.2 Å². The van der Waals surface area contributed by atoms with Crippen molar-refractivity contribution in [1.29, 1.82) is 0 Å². The van der Waals surface area contributed by atoms with Crippen LogP contribution < -0.4 is 10.1 Å². The van der Waals surface area contributed by atoms with Gasteiger partial charge in [0.15, 0.2) is 12.3 Å². The second-order valence-electron chi connectivity index (χ2n) is 6.08. The number of hydrogen-bond donors (Lipinski definition) is 2. The summed E-state index contributed by atoms with van der Waals surface area (Å²) >= 11 is 5.94. The fourth-order valence-corrected chi connectivity index (χ4v) is 2.50. The van der Waals surface area contributed by atoms with Crippen molar-refractivity contribution in [3.05, 3.63) is 41.6 Å². The maximum absolute atomic E-state index is 11.7. The van der Waals surface area contributed by atoms with Gasteiger partial charge in [0, 0.05) is 24.8 Å². The lowest BCUT2D eigenvalue weighted by Gasteiger charge is -2.11. The molecular formula is C18H20ClN5O2. The van der Waals surface area contributed by atoms with Crippen LogP contribution in [0.15, 0.2) is 36.5 Å². The molecule has 0 aliphatic carbocycles. The van der Waals surface area contributed by atoms with E-state index in [1.807, 2.05) is 31.1 Å². The van der Waals surface area contributed by atoms with E-state index in [4.69, 9.17) is 16.3 Å². The molecule has 3 aromatic rings. The van der Waals surface area contributed by atoms with Crippen molar-refractivity contribution < 1.29 is 9.53 Å². The number of fused-ring (bicyclic) bond motifs is 1. The lowest BCUT2D eigenvalue weighted by molar-refractivity contribution is -0.123. The molecule has 1 amide bonds. The summed E-state index contributed by atoms with van der Waals surface area (Å²) in [7, 11) is 3.91. The molecule has 0 bridgehead atoms. The fourth-order valence-electron chi connectivity index (χ4n) is 2.34. The molecule has 1 aromatic carbocycles. The number of nitrogens with zero attached hydrogens (tertiary/aromatic N) is 3. The van der Waals surface area contributed by atoms with Crippen LogP contribution in [0.4, 0.5) is 0 Å². The van der Waals surface area contributed by atoms with Gasteiger partial charge in [0.1, 0.15) is 11.6 Å². The number of pyridine rings is 1. The molecule has 0 spiro atoms. The molecule has 0 saturated carbocycles. The number of aromatic amines is 1. The summed E-state index contributed by atoms with van der Waals surface area (Å²) in [6, 6.07) is 9.13. The SMILES string of the molecule is CN(C)CCNC(=O)COc1ccc(-c2nc3ncc(Cl)cc3[nH]2)cc1. The number of carbonyl (C=O) groups is 1. The number of halogens is 1. The summed E-state index contributed by atoms with van der Waals surface area (Å²) < 4.78 is 5.50. The van der Waals surface area contributed by atoms with Gasteiger partial charge in [-0.15, -0.1) is 0 Å². The number of H-pyrrole nitrogens is 1. The number of aromatic nitrogens is 3. The first kappa shape index (κ1) is 18.2. The van der Waals surface area contributed by atoms with Crippen LogP contribution in [0.5, 0.6) is 5.75 Å². The number of carbonyl (C=O) groups excluding carboxylic acids is 1. The predicted molar refractivity (Wildman–Crippen MR) is 101 cm³/mol. The third-order valence-corrected chi connectivity index (χ3v) is 3.89. The van der Waals surface area contributed by atoms with Crippen molar-refractivity contribution in [3.8, 4) is 17.1 Å². The van der Waals surface area contributed by atoms with Gasteiger partial charge in [0.05, 0.1) is 10.5 Å². The molecule has 26 heavy (non-hydrogen) atoms. The first-order valence-corrected chi connectivity index (χ1v) is 8.55. The van der Waals surface area contributed by atoms with E-state index in [0.717, 1.165) is 17.6 Å². The first-order chi connectivity index (χ1) is 12.5. The highest BCUT2D eigenvalue weighted by atomic mass is 35.5. The number of likely N-dealkylation sites (N-methyl/N-ethyl adjacent to an activating group) is 1. The third-order valence-electron chi connectivity index (χ3n) is 3.68. The van der Waals surface area contributed by atoms with Crippen LogP contribution in [-0.2, 0) is 4.79 Å². The second kappa shape index (κ2) is 8.16. The lowest BCUT2D eigenvalue weighted by atomic mass is 10.2. The number of imidazole rings is 1. The molecule has 2 aromatic heterocycles. The number of ether oxygens (including phenoxy) is 1. The van der Waals surface area contributed by atoms with Crippen molar-refractivity contribution in [3.63, 3.8) is 0 Å². The van der Waals surface area contributed by atoms with Gasteiger partial charge in [-0.25, -0.2) is 9.97 Å². The first-order valence-electron chi connectivity index (χ1n) is 8.17. The van der Waals surface area contributed by atoms with Gasteiger partial charge < -0.3 is 19.9 Å². The van der Waals surface area contributed by atoms with E-state index in [0.29, 0.717) is 28.8 Å². The van der Waals surface area contributed by atoms with Crippen LogP contribution in [0, 0.1) is 0 Å². The smallest absolute Gasteiger partial charge is 0.257 e. The minimum absolute atomic E-state index is 0.0141. The van der Waals surface area contributed by atoms with Gasteiger partial charge in [0.25, 0.3) is 5.91 Å². The average Bonchev–Trinajstić information content (AvgIpc) is 3.03. The van der Waals surface area contributed by atoms with Gasteiger partial charge in [-0.1, -0.05) is 11.6 Å². The maximum atomic E-state index is 11.7. The van der Waals surface area contributed by atoms with Crippen LogP contribution in [0.1, 0.15) is 0 Å². The largest absolute Gasteiger partial charge is 0.484 e. The standard InChI is InChI=1S/C18H20ClN5O2/c1-24(2)8-7-20-16(25)11-26-14-5-3-12(4-6-14)17-22-15-9-13(19)10-21-18(15)23-17/h3-6,9-10H,7-8,11H2,1-2H3,(H,20,25)(H,21,22,23). The Morgan fingerprint density at radius 1 is 1.31 bits per heavy atom. The van der Waals surface area contributed by atoms with Crippen molar-refractivity contribution in [2.75, 3.05) is 33.8 Å². The van der Waals surface area contributed by atoms with E-state index >= 15 is 0 Å². The Balaban J connectivity index is 1.58.